The van der Waals surface area contributed by atoms with Crippen molar-refractivity contribution in [2.75, 3.05) is 26.2 Å². The molecule has 7 heteroatoms. The molecule has 6 nitrogen and oxygen atoms in total. The van der Waals surface area contributed by atoms with Crippen molar-refractivity contribution in [3.05, 3.63) is 93.2 Å². The van der Waals surface area contributed by atoms with Crippen molar-refractivity contribution in [2.24, 2.45) is 0 Å². The minimum absolute atomic E-state index is 0.175. The van der Waals surface area contributed by atoms with Gasteiger partial charge in [0.15, 0.2) is 5.69 Å². The van der Waals surface area contributed by atoms with Crippen molar-refractivity contribution in [1.82, 2.24) is 19.6 Å². The van der Waals surface area contributed by atoms with E-state index in [0.29, 0.717) is 25.3 Å². The number of para-hydroxylation sites is 1. The van der Waals surface area contributed by atoms with Crippen LogP contribution in [-0.4, -0.2) is 51.7 Å². The van der Waals surface area contributed by atoms with E-state index in [-0.39, 0.29) is 11.4 Å². The van der Waals surface area contributed by atoms with Crippen molar-refractivity contribution >= 4 is 5.91 Å². The van der Waals surface area contributed by atoms with Crippen LogP contribution in [0.1, 0.15) is 33.7 Å². The third-order valence-electron chi connectivity index (χ3n) is 5.92. The molecule has 4 rings (SSSR count). The van der Waals surface area contributed by atoms with E-state index >= 15 is 0 Å². The molecule has 1 aliphatic rings. The molecule has 0 saturated carbocycles. The molecule has 1 aliphatic heterocycles. The van der Waals surface area contributed by atoms with E-state index < -0.39 is 17.2 Å². The summed E-state index contributed by atoms with van der Waals surface area (Å²) in [5.41, 5.74) is 2.59. The molecule has 1 saturated heterocycles. The van der Waals surface area contributed by atoms with Crippen LogP contribution in [0.2, 0.25) is 0 Å². The summed E-state index contributed by atoms with van der Waals surface area (Å²) in [7, 11) is 0. The third-order valence-corrected chi connectivity index (χ3v) is 5.92. The van der Waals surface area contributed by atoms with Gasteiger partial charge in [0.05, 0.1) is 0 Å². The van der Waals surface area contributed by atoms with Gasteiger partial charge in [0, 0.05) is 44.5 Å². The molecule has 32 heavy (non-hydrogen) atoms. The van der Waals surface area contributed by atoms with Crippen LogP contribution < -0.4 is 5.43 Å². The van der Waals surface area contributed by atoms with Crippen LogP contribution in [-0.2, 0) is 6.54 Å². The van der Waals surface area contributed by atoms with E-state index in [2.05, 4.69) is 29.1 Å². The van der Waals surface area contributed by atoms with Gasteiger partial charge in [-0.15, -0.1) is 0 Å². The minimum Gasteiger partial charge on any atom is -0.336 e. The largest absolute Gasteiger partial charge is 0.336 e. The highest BCUT2D eigenvalue weighted by Crippen LogP contribution is 2.15. The summed E-state index contributed by atoms with van der Waals surface area (Å²) >= 11 is 0. The van der Waals surface area contributed by atoms with Gasteiger partial charge in [0.2, 0.25) is 5.43 Å². The van der Waals surface area contributed by atoms with Crippen LogP contribution in [0.15, 0.2) is 59.4 Å². The van der Waals surface area contributed by atoms with Gasteiger partial charge < -0.3 is 4.90 Å². The maximum absolute atomic E-state index is 14.3. The molecular formula is C25H27FN4O2. The summed E-state index contributed by atoms with van der Waals surface area (Å²) in [4.78, 5) is 29.8. The van der Waals surface area contributed by atoms with Gasteiger partial charge in [-0.2, -0.15) is 5.10 Å². The monoisotopic (exact) mass is 434 g/mol. The highest BCUT2D eigenvalue weighted by molar-refractivity contribution is 5.92. The number of hydrogen-bond acceptors (Lipinski definition) is 4. The Morgan fingerprint density at radius 1 is 1.00 bits per heavy atom. The maximum Gasteiger partial charge on any atom is 0.278 e. The molecule has 0 N–H and O–H groups in total. The first-order chi connectivity index (χ1) is 15.4. The Morgan fingerprint density at radius 2 is 1.75 bits per heavy atom. The zero-order chi connectivity index (χ0) is 22.7. The standard InChI is InChI=1S/C25H27FN4O2/c1-18-8-3-4-9-20(18)17-28-12-7-13-29(15-14-28)25(32)24-23(31)16-19(2)30(27-24)22-11-6-5-10-21(22)26/h3-6,8-11,16H,7,12-15,17H2,1-2H3. The van der Waals surface area contributed by atoms with Gasteiger partial charge in [0.25, 0.3) is 5.91 Å². The summed E-state index contributed by atoms with van der Waals surface area (Å²) in [6, 6.07) is 15.8. The number of amides is 1. The normalized spacial score (nSPS) is 14.9. The van der Waals surface area contributed by atoms with Crippen LogP contribution in [0.25, 0.3) is 5.69 Å². The summed E-state index contributed by atoms with van der Waals surface area (Å²) in [6.45, 7) is 7.26. The van der Waals surface area contributed by atoms with Crippen molar-refractivity contribution in [3.63, 3.8) is 0 Å². The lowest BCUT2D eigenvalue weighted by Crippen LogP contribution is -2.38. The van der Waals surface area contributed by atoms with Crippen molar-refractivity contribution in [3.8, 4) is 5.69 Å². The van der Waals surface area contributed by atoms with Crippen molar-refractivity contribution in [1.29, 1.82) is 0 Å². The van der Waals surface area contributed by atoms with Crippen LogP contribution in [0.5, 0.6) is 0 Å². The number of carbonyl (C=O) groups excluding carboxylic acids is 1. The average molecular weight is 435 g/mol. The van der Waals surface area contributed by atoms with Gasteiger partial charge in [-0.3, -0.25) is 14.5 Å². The first kappa shape index (κ1) is 21.9. The molecule has 0 bridgehead atoms. The fourth-order valence-electron chi connectivity index (χ4n) is 4.07. The fourth-order valence-corrected chi connectivity index (χ4v) is 4.07. The topological polar surface area (TPSA) is 58.4 Å². The van der Waals surface area contributed by atoms with Crippen LogP contribution in [0, 0.1) is 19.7 Å². The second-order valence-electron chi connectivity index (χ2n) is 8.21. The molecule has 2 heterocycles. The van der Waals surface area contributed by atoms with E-state index in [0.717, 1.165) is 19.5 Å². The lowest BCUT2D eigenvalue weighted by atomic mass is 10.1. The number of carbonyl (C=O) groups is 1. The Morgan fingerprint density at radius 3 is 2.53 bits per heavy atom. The quantitative estimate of drug-likeness (QED) is 0.632. The molecule has 0 radical (unpaired) electrons. The van der Waals surface area contributed by atoms with E-state index in [9.17, 15) is 14.0 Å². The summed E-state index contributed by atoms with van der Waals surface area (Å²) in [6.07, 6.45) is 0.811. The predicted molar refractivity (Wildman–Crippen MR) is 122 cm³/mol. The number of nitrogens with zero attached hydrogens (tertiary/aromatic N) is 4. The third kappa shape index (κ3) is 4.62. The van der Waals surface area contributed by atoms with Gasteiger partial charge >= 0.3 is 0 Å². The zero-order valence-corrected chi connectivity index (χ0v) is 18.4. The van der Waals surface area contributed by atoms with Crippen molar-refractivity contribution in [2.45, 2.75) is 26.8 Å². The average Bonchev–Trinajstić information content (AvgIpc) is 3.01. The summed E-state index contributed by atoms with van der Waals surface area (Å²) in [5.74, 6) is -0.871. The molecule has 1 amide bonds. The number of aryl methyl sites for hydroxylation is 2. The van der Waals surface area contributed by atoms with E-state index in [1.165, 1.54) is 27.9 Å². The first-order valence-electron chi connectivity index (χ1n) is 10.9. The molecule has 0 spiro atoms. The van der Waals surface area contributed by atoms with E-state index in [1.54, 1.807) is 30.0 Å². The highest BCUT2D eigenvalue weighted by atomic mass is 19.1. The molecule has 0 aliphatic carbocycles. The second kappa shape index (κ2) is 9.44. The number of benzene rings is 2. The Balaban J connectivity index is 1.53. The van der Waals surface area contributed by atoms with Crippen LogP contribution in [0.3, 0.4) is 0 Å². The van der Waals surface area contributed by atoms with E-state index in [1.807, 2.05) is 12.1 Å². The predicted octanol–water partition coefficient (Wildman–Crippen LogP) is 3.34. The Labute approximate surface area is 186 Å². The van der Waals surface area contributed by atoms with E-state index in [4.69, 9.17) is 0 Å². The molecule has 1 aromatic heterocycles. The summed E-state index contributed by atoms with van der Waals surface area (Å²) in [5, 5.41) is 4.27. The van der Waals surface area contributed by atoms with Gasteiger partial charge in [-0.25, -0.2) is 9.07 Å². The van der Waals surface area contributed by atoms with Crippen molar-refractivity contribution < 1.29 is 9.18 Å². The molecule has 0 unspecified atom stereocenters. The van der Waals surface area contributed by atoms with Gasteiger partial charge in [-0.05, 0) is 43.5 Å². The number of aromatic nitrogens is 2. The smallest absolute Gasteiger partial charge is 0.278 e. The molecule has 2 aromatic carbocycles. The number of rotatable bonds is 4. The van der Waals surface area contributed by atoms with Crippen LogP contribution in [0.4, 0.5) is 4.39 Å². The summed E-state index contributed by atoms with van der Waals surface area (Å²) < 4.78 is 15.6. The lowest BCUT2D eigenvalue weighted by Gasteiger charge is -2.22. The zero-order valence-electron chi connectivity index (χ0n) is 18.4. The molecular weight excluding hydrogens is 407 g/mol. The van der Waals surface area contributed by atoms with Crippen LogP contribution >= 0.6 is 0 Å². The first-order valence-corrected chi connectivity index (χ1v) is 10.9. The molecule has 3 aromatic rings. The van der Waals surface area contributed by atoms with Gasteiger partial charge in [-0.1, -0.05) is 36.4 Å². The molecule has 0 atom stereocenters. The molecule has 1 fully saturated rings. The SMILES string of the molecule is Cc1ccccc1CN1CCCN(C(=O)c2nn(-c3ccccc3F)c(C)cc2=O)CC1. The second-order valence-corrected chi connectivity index (χ2v) is 8.21. The van der Waals surface area contributed by atoms with Gasteiger partial charge in [0.1, 0.15) is 11.5 Å². The number of halogens is 1. The fraction of sp³-hybridized carbons (Fsp3) is 0.320. The number of hydrogen-bond donors (Lipinski definition) is 0. The maximum atomic E-state index is 14.3. The Hall–Kier alpha value is -3.32. The molecule has 166 valence electrons. The Bertz CT molecular complexity index is 1190. The minimum atomic E-state index is -0.466. The lowest BCUT2D eigenvalue weighted by molar-refractivity contribution is 0.0751. The highest BCUT2D eigenvalue weighted by Gasteiger charge is 2.25. The Kier molecular flexibility index (Phi) is 6.46.